The molecule has 0 bridgehead atoms. The smallest absolute Gasteiger partial charge is 0.335 e. The zero-order chi connectivity index (χ0) is 21.7. The molecule has 8 nitrogen and oxygen atoms in total. The topological polar surface area (TPSA) is 102 Å². The van der Waals surface area contributed by atoms with Crippen molar-refractivity contribution in [3.63, 3.8) is 0 Å². The van der Waals surface area contributed by atoms with Gasteiger partial charge in [-0.3, -0.25) is 0 Å². The molecule has 1 aliphatic heterocycles. The molecule has 1 aliphatic rings. The Morgan fingerprint density at radius 3 is 2.40 bits per heavy atom. The number of ether oxygens (including phenoxy) is 3. The van der Waals surface area contributed by atoms with Gasteiger partial charge in [-0.1, -0.05) is 6.07 Å². The fourth-order valence-electron chi connectivity index (χ4n) is 3.36. The second-order valence-electron chi connectivity index (χ2n) is 6.95. The van der Waals surface area contributed by atoms with Crippen LogP contribution in [0.5, 0.6) is 11.5 Å². The van der Waals surface area contributed by atoms with Crippen LogP contribution < -0.4 is 9.47 Å². The van der Waals surface area contributed by atoms with E-state index in [-0.39, 0.29) is 29.7 Å². The number of aromatic carboxylic acids is 1. The quantitative estimate of drug-likeness (QED) is 0.646. The molecular formula is C21H25NO7S. The predicted molar refractivity (Wildman–Crippen MR) is 110 cm³/mol. The van der Waals surface area contributed by atoms with Gasteiger partial charge >= 0.3 is 5.97 Å². The van der Waals surface area contributed by atoms with Crippen molar-refractivity contribution in [2.75, 3.05) is 27.4 Å². The van der Waals surface area contributed by atoms with Crippen molar-refractivity contribution in [2.45, 2.75) is 30.4 Å². The zero-order valence-electron chi connectivity index (χ0n) is 16.9. The van der Waals surface area contributed by atoms with Gasteiger partial charge in [0.05, 0.1) is 30.8 Å². The van der Waals surface area contributed by atoms with E-state index in [4.69, 9.17) is 19.3 Å². The van der Waals surface area contributed by atoms with Crippen molar-refractivity contribution in [2.24, 2.45) is 0 Å². The van der Waals surface area contributed by atoms with Crippen molar-refractivity contribution >= 4 is 16.0 Å². The Hall–Kier alpha value is -2.62. The summed E-state index contributed by atoms with van der Waals surface area (Å²) in [6, 6.07) is 10.5. The van der Waals surface area contributed by atoms with Gasteiger partial charge in [-0.25, -0.2) is 13.2 Å². The summed E-state index contributed by atoms with van der Waals surface area (Å²) in [5, 5.41) is 9.07. The summed E-state index contributed by atoms with van der Waals surface area (Å²) >= 11 is 0. The summed E-state index contributed by atoms with van der Waals surface area (Å²) in [6.07, 6.45) is 1.50. The molecule has 3 rings (SSSR count). The number of hydrogen-bond donors (Lipinski definition) is 1. The minimum absolute atomic E-state index is 0.0273. The summed E-state index contributed by atoms with van der Waals surface area (Å²) in [5.41, 5.74) is 0.760. The first-order chi connectivity index (χ1) is 14.3. The van der Waals surface area contributed by atoms with Gasteiger partial charge in [0.15, 0.2) is 11.5 Å². The van der Waals surface area contributed by atoms with E-state index < -0.39 is 16.0 Å². The summed E-state index contributed by atoms with van der Waals surface area (Å²) < 4.78 is 44.3. The van der Waals surface area contributed by atoms with Crippen molar-refractivity contribution in [3.05, 3.63) is 53.6 Å². The lowest BCUT2D eigenvalue weighted by Crippen LogP contribution is -2.37. The molecule has 0 saturated carbocycles. The van der Waals surface area contributed by atoms with Gasteiger partial charge in [0.2, 0.25) is 10.0 Å². The zero-order valence-corrected chi connectivity index (χ0v) is 17.7. The molecule has 1 N–H and O–H groups in total. The number of methoxy groups -OCH3 is 2. The van der Waals surface area contributed by atoms with Crippen LogP contribution in [0.1, 0.15) is 28.8 Å². The molecule has 0 aromatic heterocycles. The maximum atomic E-state index is 13.4. The molecule has 2 aromatic rings. The molecule has 0 radical (unpaired) electrons. The lowest BCUT2D eigenvalue weighted by Gasteiger charge is -2.25. The maximum absolute atomic E-state index is 13.4. The van der Waals surface area contributed by atoms with Crippen molar-refractivity contribution < 1.29 is 32.5 Å². The third kappa shape index (κ3) is 4.92. The van der Waals surface area contributed by atoms with Crippen LogP contribution in [0.2, 0.25) is 0 Å². The van der Waals surface area contributed by atoms with Crippen LogP contribution >= 0.6 is 0 Å². The van der Waals surface area contributed by atoms with E-state index in [1.54, 1.807) is 18.2 Å². The van der Waals surface area contributed by atoms with Crippen LogP contribution in [-0.2, 0) is 21.3 Å². The number of carboxylic acids is 1. The number of sulfonamides is 1. The molecule has 162 valence electrons. The van der Waals surface area contributed by atoms with E-state index in [1.165, 1.54) is 42.8 Å². The fourth-order valence-corrected chi connectivity index (χ4v) is 4.82. The largest absolute Gasteiger partial charge is 0.493 e. The molecule has 0 unspecified atom stereocenters. The molecule has 1 fully saturated rings. The third-order valence-corrected chi connectivity index (χ3v) is 6.80. The normalized spacial score (nSPS) is 16.6. The highest BCUT2D eigenvalue weighted by Crippen LogP contribution is 2.29. The molecule has 1 saturated heterocycles. The average molecular weight is 435 g/mol. The van der Waals surface area contributed by atoms with Crippen LogP contribution in [-0.4, -0.2) is 57.3 Å². The van der Waals surface area contributed by atoms with Crippen molar-refractivity contribution in [3.8, 4) is 11.5 Å². The lowest BCUT2D eigenvalue weighted by atomic mass is 10.2. The van der Waals surface area contributed by atoms with Gasteiger partial charge in [0.1, 0.15) is 0 Å². The molecule has 0 aliphatic carbocycles. The Labute approximate surface area is 176 Å². The van der Waals surface area contributed by atoms with Gasteiger partial charge in [-0.2, -0.15) is 4.31 Å². The molecule has 9 heteroatoms. The fraction of sp³-hybridized carbons (Fsp3) is 0.381. The highest BCUT2D eigenvalue weighted by atomic mass is 32.2. The van der Waals surface area contributed by atoms with Crippen LogP contribution in [0.4, 0.5) is 0 Å². The van der Waals surface area contributed by atoms with Crippen LogP contribution in [0.25, 0.3) is 0 Å². The van der Waals surface area contributed by atoms with E-state index in [2.05, 4.69) is 0 Å². The number of nitrogens with zero attached hydrogens (tertiary/aromatic N) is 1. The van der Waals surface area contributed by atoms with Gasteiger partial charge < -0.3 is 19.3 Å². The SMILES string of the molecule is COc1ccc(CN(C[C@@H]2CCCO2)S(=O)(=O)c2ccc(C(=O)O)cc2)cc1OC. The third-order valence-electron chi connectivity index (χ3n) is 4.98. The van der Waals surface area contributed by atoms with E-state index in [9.17, 15) is 13.2 Å². The number of carbonyl (C=O) groups is 1. The van der Waals surface area contributed by atoms with E-state index in [0.29, 0.717) is 18.1 Å². The second-order valence-corrected chi connectivity index (χ2v) is 8.89. The number of rotatable bonds is 9. The first kappa shape index (κ1) is 22.1. The Morgan fingerprint density at radius 1 is 1.13 bits per heavy atom. The number of benzene rings is 2. The summed E-state index contributed by atoms with van der Waals surface area (Å²) in [5.74, 6) is -0.0465. The standard InChI is InChI=1S/C21H25NO7S/c1-27-19-10-5-15(12-20(19)28-2)13-22(14-17-4-3-11-29-17)30(25,26)18-8-6-16(7-9-18)21(23)24/h5-10,12,17H,3-4,11,13-14H2,1-2H3,(H,23,24)/t17-/m0/s1. The molecule has 0 spiro atoms. The van der Waals surface area contributed by atoms with E-state index >= 15 is 0 Å². The molecular weight excluding hydrogens is 410 g/mol. The van der Waals surface area contributed by atoms with E-state index in [1.807, 2.05) is 0 Å². The predicted octanol–water partition coefficient (Wildman–Crippen LogP) is 2.77. The average Bonchev–Trinajstić information content (AvgIpc) is 3.26. The molecule has 30 heavy (non-hydrogen) atoms. The van der Waals surface area contributed by atoms with Crippen molar-refractivity contribution in [1.29, 1.82) is 0 Å². The van der Waals surface area contributed by atoms with Crippen LogP contribution in [0.3, 0.4) is 0 Å². The second kappa shape index (κ2) is 9.46. The Bertz CT molecular complexity index is 983. The number of hydrogen-bond acceptors (Lipinski definition) is 6. The highest BCUT2D eigenvalue weighted by Gasteiger charge is 2.29. The molecule has 0 amide bonds. The first-order valence-electron chi connectivity index (χ1n) is 9.51. The maximum Gasteiger partial charge on any atom is 0.335 e. The molecule has 1 atom stereocenters. The molecule has 1 heterocycles. The Kier molecular flexibility index (Phi) is 6.96. The van der Waals surface area contributed by atoms with Gasteiger partial charge in [0.25, 0.3) is 0 Å². The minimum atomic E-state index is -3.88. The summed E-state index contributed by atoms with van der Waals surface area (Å²) in [7, 11) is -0.822. The highest BCUT2D eigenvalue weighted by molar-refractivity contribution is 7.89. The lowest BCUT2D eigenvalue weighted by molar-refractivity contribution is 0.0696. The van der Waals surface area contributed by atoms with Gasteiger partial charge in [0, 0.05) is 19.7 Å². The van der Waals surface area contributed by atoms with Crippen LogP contribution in [0, 0.1) is 0 Å². The Balaban J connectivity index is 1.92. The van der Waals surface area contributed by atoms with E-state index in [0.717, 1.165) is 18.4 Å². The monoisotopic (exact) mass is 435 g/mol. The van der Waals surface area contributed by atoms with Crippen LogP contribution in [0.15, 0.2) is 47.4 Å². The van der Waals surface area contributed by atoms with Gasteiger partial charge in [-0.15, -0.1) is 0 Å². The first-order valence-corrected chi connectivity index (χ1v) is 10.9. The van der Waals surface area contributed by atoms with Crippen molar-refractivity contribution in [1.82, 2.24) is 4.31 Å². The molecule has 2 aromatic carbocycles. The summed E-state index contributed by atoms with van der Waals surface area (Å²) in [4.78, 5) is 11.1. The minimum Gasteiger partial charge on any atom is -0.493 e. The summed E-state index contributed by atoms with van der Waals surface area (Å²) in [6.45, 7) is 0.933. The number of carboxylic acid groups (broad SMARTS) is 1. The Morgan fingerprint density at radius 2 is 1.83 bits per heavy atom. The van der Waals surface area contributed by atoms with Gasteiger partial charge in [-0.05, 0) is 54.8 Å².